The molecule has 5 N–H and O–H groups in total. The summed E-state index contributed by atoms with van der Waals surface area (Å²) in [6.45, 7) is 0. The molecule has 0 bridgehead atoms. The van der Waals surface area contributed by atoms with Gasteiger partial charge in [-0.05, 0) is 6.08 Å². The Kier molecular flexibility index (Phi) is 3.84. The molecule has 16 heavy (non-hydrogen) atoms. The first-order valence-electron chi connectivity index (χ1n) is 4.25. The zero-order valence-electron chi connectivity index (χ0n) is 7.92. The fourth-order valence-corrected chi connectivity index (χ4v) is 1.84. The zero-order valence-corrected chi connectivity index (χ0v) is 8.82. The maximum atomic E-state index is 10.6. The van der Waals surface area contributed by atoms with Crippen molar-refractivity contribution in [3.8, 4) is 0 Å². The van der Waals surface area contributed by atoms with Crippen molar-refractivity contribution in [2.75, 3.05) is 0 Å². The van der Waals surface area contributed by atoms with Crippen molar-refractivity contribution in [2.24, 2.45) is 0 Å². The lowest BCUT2D eigenvalue weighted by molar-refractivity contribution is -0.134. The molecular weight excluding hydrogens is 243 g/mol. The van der Waals surface area contributed by atoms with E-state index >= 15 is 0 Å². The van der Waals surface area contributed by atoms with Gasteiger partial charge in [-0.2, -0.15) is 0 Å². The third-order valence-corrected chi connectivity index (χ3v) is 2.58. The van der Waals surface area contributed by atoms with Crippen molar-refractivity contribution in [3.63, 3.8) is 0 Å². The Hall–Kier alpha value is -0.760. The number of hydrogen-bond acceptors (Lipinski definition) is 5. The second kappa shape index (κ2) is 4.62. The van der Waals surface area contributed by atoms with Gasteiger partial charge in [0.15, 0.2) is 0 Å². The van der Waals surface area contributed by atoms with Crippen LogP contribution in [0.3, 0.4) is 0 Å². The van der Waals surface area contributed by atoms with E-state index in [4.69, 9.17) is 14.9 Å². The Labute approximate surface area is 90.0 Å². The van der Waals surface area contributed by atoms with Crippen LogP contribution in [-0.4, -0.2) is 49.4 Å². The highest BCUT2D eigenvalue weighted by molar-refractivity contribution is 7.46. The van der Waals surface area contributed by atoms with Crippen LogP contribution in [0.1, 0.15) is 6.42 Å². The third-order valence-electron chi connectivity index (χ3n) is 2.06. The smallest absolute Gasteiger partial charge is 0.470 e. The van der Waals surface area contributed by atoms with Crippen LogP contribution in [0, 0.1) is 0 Å². The van der Waals surface area contributed by atoms with E-state index in [0.29, 0.717) is 0 Å². The van der Waals surface area contributed by atoms with Crippen molar-refractivity contribution in [3.05, 3.63) is 11.6 Å². The summed E-state index contributed by atoms with van der Waals surface area (Å²) in [4.78, 5) is 27.6. The lowest BCUT2D eigenvalue weighted by Crippen LogP contribution is -2.41. The SMILES string of the molecule is O=C(O)C1=C[C@@H](OP(=O)(O)O)[C@H](O)[C@@H](O)C1. The third kappa shape index (κ3) is 3.38. The number of hydrogen-bond donors (Lipinski definition) is 5. The number of carboxylic acid groups (broad SMARTS) is 1. The maximum Gasteiger partial charge on any atom is 0.470 e. The number of carboxylic acids is 1. The van der Waals surface area contributed by atoms with Gasteiger partial charge in [0.25, 0.3) is 0 Å². The van der Waals surface area contributed by atoms with Gasteiger partial charge in [-0.1, -0.05) is 0 Å². The Bertz CT molecular complexity index is 357. The van der Waals surface area contributed by atoms with E-state index in [1.807, 2.05) is 0 Å². The van der Waals surface area contributed by atoms with Crippen LogP contribution in [0.25, 0.3) is 0 Å². The van der Waals surface area contributed by atoms with Crippen molar-refractivity contribution in [2.45, 2.75) is 24.7 Å². The second-order valence-electron chi connectivity index (χ2n) is 3.32. The molecule has 0 fully saturated rings. The Balaban J connectivity index is 2.92. The van der Waals surface area contributed by atoms with Gasteiger partial charge in [0, 0.05) is 12.0 Å². The van der Waals surface area contributed by atoms with Gasteiger partial charge < -0.3 is 25.1 Å². The summed E-state index contributed by atoms with van der Waals surface area (Å²) in [5.74, 6) is -1.34. The Morgan fingerprint density at radius 3 is 2.44 bits per heavy atom. The fraction of sp³-hybridized carbons (Fsp3) is 0.571. The first-order valence-corrected chi connectivity index (χ1v) is 5.78. The van der Waals surface area contributed by atoms with Gasteiger partial charge in [0.1, 0.15) is 12.2 Å². The minimum absolute atomic E-state index is 0.267. The van der Waals surface area contributed by atoms with Gasteiger partial charge >= 0.3 is 13.8 Å². The first-order chi connectivity index (χ1) is 7.20. The quantitative estimate of drug-likeness (QED) is 0.387. The van der Waals surface area contributed by atoms with Crippen LogP contribution in [-0.2, 0) is 13.9 Å². The van der Waals surface area contributed by atoms with Gasteiger partial charge in [-0.25, -0.2) is 9.36 Å². The van der Waals surface area contributed by atoms with Crippen molar-refractivity contribution >= 4 is 13.8 Å². The minimum Gasteiger partial charge on any atom is -0.478 e. The molecule has 0 amide bonds. The summed E-state index contributed by atoms with van der Waals surface area (Å²) in [7, 11) is -4.86. The van der Waals surface area contributed by atoms with Gasteiger partial charge in [-0.3, -0.25) is 4.52 Å². The molecule has 0 unspecified atom stereocenters. The molecule has 1 aliphatic carbocycles. The number of rotatable bonds is 3. The predicted molar refractivity (Wildman–Crippen MR) is 49.3 cm³/mol. The second-order valence-corrected chi connectivity index (χ2v) is 4.51. The van der Waals surface area contributed by atoms with Crippen LogP contribution in [0.5, 0.6) is 0 Å². The molecule has 0 saturated carbocycles. The first kappa shape index (κ1) is 13.3. The van der Waals surface area contributed by atoms with Crippen LogP contribution < -0.4 is 0 Å². The number of aliphatic hydroxyl groups is 2. The largest absolute Gasteiger partial charge is 0.478 e. The molecule has 3 atom stereocenters. The van der Waals surface area contributed by atoms with Gasteiger partial charge in [0.2, 0.25) is 0 Å². The van der Waals surface area contributed by atoms with Crippen molar-refractivity contribution in [1.82, 2.24) is 0 Å². The topological polar surface area (TPSA) is 145 Å². The Morgan fingerprint density at radius 2 is 2.00 bits per heavy atom. The number of carbonyl (C=O) groups is 1. The summed E-state index contributed by atoms with van der Waals surface area (Å²) in [5, 5.41) is 27.3. The molecule has 0 aromatic heterocycles. The van der Waals surface area contributed by atoms with E-state index < -0.39 is 32.1 Å². The predicted octanol–water partition coefficient (Wildman–Crippen LogP) is -1.40. The van der Waals surface area contributed by atoms with Crippen molar-refractivity contribution < 1.29 is 39.0 Å². The standard InChI is InChI=1S/C7H11O8P/c8-4-1-3(7(10)11)2-5(6(4)9)15-16(12,13)14/h2,4-6,8-9H,1H2,(H,10,11)(H2,12,13,14)/t4-,5+,6+/m0/s1. The van der Waals surface area contributed by atoms with Crippen LogP contribution in [0.2, 0.25) is 0 Å². The highest BCUT2D eigenvalue weighted by Crippen LogP contribution is 2.40. The molecule has 0 saturated heterocycles. The molecule has 92 valence electrons. The molecule has 0 heterocycles. The molecule has 1 aliphatic rings. The van der Waals surface area contributed by atoms with Crippen LogP contribution >= 0.6 is 7.82 Å². The zero-order chi connectivity index (χ0) is 12.5. The number of phosphoric acid groups is 1. The summed E-state index contributed by atoms with van der Waals surface area (Å²) in [5.41, 5.74) is -0.267. The molecule has 0 aromatic rings. The monoisotopic (exact) mass is 254 g/mol. The Morgan fingerprint density at radius 1 is 1.44 bits per heavy atom. The normalized spacial score (nSPS) is 31.0. The van der Waals surface area contributed by atoms with Gasteiger partial charge in [0.05, 0.1) is 6.10 Å². The molecule has 0 aromatic carbocycles. The maximum absolute atomic E-state index is 10.6. The molecule has 9 heteroatoms. The summed E-state index contributed by atoms with van der Waals surface area (Å²) in [6, 6.07) is 0. The minimum atomic E-state index is -4.86. The molecule has 8 nitrogen and oxygen atoms in total. The number of aliphatic hydroxyl groups excluding tert-OH is 2. The highest BCUT2D eigenvalue weighted by atomic mass is 31.2. The average Bonchev–Trinajstić information content (AvgIpc) is 2.10. The van der Waals surface area contributed by atoms with Crippen molar-refractivity contribution in [1.29, 1.82) is 0 Å². The number of aliphatic carboxylic acids is 1. The summed E-state index contributed by atoms with van der Waals surface area (Å²) in [6.07, 6.45) is -3.99. The summed E-state index contributed by atoms with van der Waals surface area (Å²) < 4.78 is 14.7. The molecule has 0 radical (unpaired) electrons. The van der Waals surface area contributed by atoms with E-state index in [2.05, 4.69) is 4.52 Å². The fourth-order valence-electron chi connectivity index (χ4n) is 1.34. The van der Waals surface area contributed by atoms with Crippen LogP contribution in [0.4, 0.5) is 0 Å². The molecule has 0 aliphatic heterocycles. The van der Waals surface area contributed by atoms with Gasteiger partial charge in [-0.15, -0.1) is 0 Å². The lowest BCUT2D eigenvalue weighted by atomic mass is 9.92. The molecule has 1 rings (SSSR count). The molecule has 0 spiro atoms. The van der Waals surface area contributed by atoms with E-state index in [0.717, 1.165) is 6.08 Å². The van der Waals surface area contributed by atoms with E-state index in [1.165, 1.54) is 0 Å². The summed E-state index contributed by atoms with van der Waals surface area (Å²) >= 11 is 0. The highest BCUT2D eigenvalue weighted by Gasteiger charge is 2.36. The van der Waals surface area contributed by atoms with E-state index in [1.54, 1.807) is 0 Å². The van der Waals surface area contributed by atoms with E-state index in [9.17, 15) is 19.6 Å². The lowest BCUT2D eigenvalue weighted by Gasteiger charge is -2.29. The number of phosphoric ester groups is 1. The molecular formula is C7H11O8P. The average molecular weight is 254 g/mol. The van der Waals surface area contributed by atoms with E-state index in [-0.39, 0.29) is 12.0 Å². The van der Waals surface area contributed by atoms with Crippen LogP contribution in [0.15, 0.2) is 11.6 Å².